The van der Waals surface area contributed by atoms with E-state index >= 15 is 0 Å². The first kappa shape index (κ1) is 35.2. The Bertz CT molecular complexity index is 3660. The molecule has 2 aromatic heterocycles. The van der Waals surface area contributed by atoms with Crippen molar-refractivity contribution in [3.05, 3.63) is 175 Å². The summed E-state index contributed by atoms with van der Waals surface area (Å²) in [5, 5.41) is 3.48. The lowest BCUT2D eigenvalue weighted by Gasteiger charge is -2.42. The van der Waals surface area contributed by atoms with Crippen LogP contribution in [0.5, 0.6) is 23.0 Å². The van der Waals surface area contributed by atoms with Crippen LogP contribution in [0, 0.1) is 0 Å². The molecule has 8 aromatic carbocycles. The summed E-state index contributed by atoms with van der Waals surface area (Å²) in [6.45, 7) is 11.4. The monoisotopic (exact) mass is 812 g/mol. The molecule has 5 heterocycles. The summed E-state index contributed by atoms with van der Waals surface area (Å²) in [6.07, 6.45) is 0. The molecule has 5 nitrogen and oxygen atoms in total. The third-order valence-electron chi connectivity index (χ3n) is 14.3. The average molecular weight is 813 g/mol. The number of ether oxygens (including phenoxy) is 2. The van der Waals surface area contributed by atoms with E-state index in [1.807, 2.05) is 24.3 Å². The molecule has 63 heavy (non-hydrogen) atoms. The predicted molar refractivity (Wildman–Crippen MR) is 258 cm³/mol. The molecule has 0 unspecified atom stereocenters. The number of hydrogen-bond acceptors (Lipinski definition) is 4. The number of benzene rings is 8. The van der Waals surface area contributed by atoms with E-state index in [-0.39, 0.29) is 17.7 Å². The summed E-state index contributed by atoms with van der Waals surface area (Å²) < 4.78 is 23.5. The first-order valence-corrected chi connectivity index (χ1v) is 22.0. The van der Waals surface area contributed by atoms with Crippen LogP contribution in [-0.2, 0) is 10.8 Å². The maximum atomic E-state index is 7.19. The van der Waals surface area contributed by atoms with Gasteiger partial charge in [0.05, 0.1) is 11.4 Å². The number of furan rings is 1. The van der Waals surface area contributed by atoms with Crippen molar-refractivity contribution in [2.75, 3.05) is 4.90 Å². The molecule has 0 fully saturated rings. The van der Waals surface area contributed by atoms with Crippen molar-refractivity contribution in [3.63, 3.8) is 0 Å². The Morgan fingerprint density at radius 3 is 2.06 bits per heavy atom. The van der Waals surface area contributed by atoms with Gasteiger partial charge in [0.1, 0.15) is 5.58 Å². The maximum Gasteiger partial charge on any atom is 0.333 e. The van der Waals surface area contributed by atoms with Crippen LogP contribution in [0.4, 0.5) is 17.1 Å². The van der Waals surface area contributed by atoms with Crippen LogP contribution in [0.3, 0.4) is 0 Å². The zero-order chi connectivity index (χ0) is 42.1. The van der Waals surface area contributed by atoms with Crippen molar-refractivity contribution in [1.29, 1.82) is 0 Å². The molecule has 0 saturated carbocycles. The Labute approximate surface area is 365 Å². The minimum atomic E-state index is -0.281. The largest absolute Gasteiger partial charge is 0.454 e. The fourth-order valence-electron chi connectivity index (χ4n) is 11.5. The summed E-state index contributed by atoms with van der Waals surface area (Å²) >= 11 is 0. The zero-order valence-electron chi connectivity index (χ0n) is 35.7. The summed E-state index contributed by atoms with van der Waals surface area (Å²) in [5.74, 6) is 2.79. The van der Waals surface area contributed by atoms with Crippen molar-refractivity contribution >= 4 is 67.7 Å². The minimum Gasteiger partial charge on any atom is -0.454 e. The number of rotatable bonds is 2. The second kappa shape index (κ2) is 11.9. The Morgan fingerprint density at radius 2 is 1.25 bits per heavy atom. The molecule has 6 heteroatoms. The van der Waals surface area contributed by atoms with Gasteiger partial charge in [0, 0.05) is 61.2 Å². The molecule has 0 radical (unpaired) electrons. The number of para-hydroxylation sites is 4. The quantitative estimate of drug-likeness (QED) is 0.163. The van der Waals surface area contributed by atoms with Gasteiger partial charge in [-0.3, -0.25) is 0 Å². The predicted octanol–water partition coefficient (Wildman–Crippen LogP) is 14.1. The second-order valence-corrected chi connectivity index (χ2v) is 19.2. The van der Waals surface area contributed by atoms with Gasteiger partial charge in [0.15, 0.2) is 28.6 Å². The van der Waals surface area contributed by atoms with Crippen molar-refractivity contribution in [2.24, 2.45) is 0 Å². The smallest absolute Gasteiger partial charge is 0.333 e. The highest BCUT2D eigenvalue weighted by atomic mass is 16.6. The topological polar surface area (TPSA) is 39.8 Å². The van der Waals surface area contributed by atoms with Crippen LogP contribution in [0.1, 0.15) is 51.4 Å². The standard InChI is InChI=1S/C57H41BN2O3/c1-56(2,3)33-26-27-43(38(28-33)32-16-7-6-8-17-32)59-44-31-49-48(61-46-24-13-14-25-47(46)62-49)30-42(44)58-51-39(29-40-34-18-10-12-23-45(34)63-54(40)53(51)59)35-20-15-21-37-50-36-19-9-11-22-41(36)57(4,5)55(50)60(58)52(35)37/h6-31H,1-5H3. The van der Waals surface area contributed by atoms with E-state index in [2.05, 4.69) is 177 Å². The molecule has 0 atom stereocenters. The molecule has 0 amide bonds. The Kier molecular flexibility index (Phi) is 6.66. The van der Waals surface area contributed by atoms with Crippen molar-refractivity contribution in [2.45, 2.75) is 45.4 Å². The number of nitrogens with zero attached hydrogens (tertiary/aromatic N) is 2. The van der Waals surface area contributed by atoms with Crippen molar-refractivity contribution in [3.8, 4) is 56.4 Å². The summed E-state index contributed by atoms with van der Waals surface area (Å²) in [7, 11) is 0. The van der Waals surface area contributed by atoms with Gasteiger partial charge in [0.2, 0.25) is 0 Å². The third-order valence-corrected chi connectivity index (χ3v) is 14.3. The molecule has 14 rings (SSSR count). The molecule has 1 aliphatic carbocycles. The highest BCUT2D eigenvalue weighted by Crippen LogP contribution is 2.58. The minimum absolute atomic E-state index is 0.0726. The van der Waals surface area contributed by atoms with Crippen LogP contribution in [0.15, 0.2) is 162 Å². The van der Waals surface area contributed by atoms with Crippen LogP contribution in [-0.4, -0.2) is 11.3 Å². The van der Waals surface area contributed by atoms with Gasteiger partial charge in [-0.1, -0.05) is 144 Å². The Morgan fingerprint density at radius 1 is 0.556 bits per heavy atom. The van der Waals surface area contributed by atoms with Crippen LogP contribution in [0.2, 0.25) is 0 Å². The summed E-state index contributed by atoms with van der Waals surface area (Å²) in [6, 6.07) is 57.1. The van der Waals surface area contributed by atoms with Gasteiger partial charge >= 0.3 is 6.85 Å². The fourth-order valence-corrected chi connectivity index (χ4v) is 11.5. The molecule has 3 aliphatic heterocycles. The van der Waals surface area contributed by atoms with Gasteiger partial charge < -0.3 is 23.3 Å². The number of fused-ring (bicyclic) bond motifs is 15. The molecular formula is C57H41BN2O3. The van der Waals surface area contributed by atoms with Gasteiger partial charge in [-0.05, 0) is 86.6 Å². The van der Waals surface area contributed by atoms with E-state index in [9.17, 15) is 0 Å². The number of aromatic nitrogens is 1. The highest BCUT2D eigenvalue weighted by Gasteiger charge is 2.50. The molecule has 10 aromatic rings. The third kappa shape index (κ3) is 4.52. The van der Waals surface area contributed by atoms with E-state index in [1.54, 1.807) is 0 Å². The average Bonchev–Trinajstić information content (AvgIpc) is 3.93. The molecular weight excluding hydrogens is 771 g/mol. The van der Waals surface area contributed by atoms with Crippen LogP contribution >= 0.6 is 0 Å². The zero-order valence-corrected chi connectivity index (χ0v) is 35.7. The SMILES string of the molecule is CC(C)(C)c1ccc(N2c3cc4c(cc3B3c5c(cc6c(oc7ccccc76)c52)-c2cccc5c6c(n3c25)C(C)(C)c2ccccc2-6)Oc2ccccc2O4)c(-c2ccccc2)c1. The molecule has 0 saturated heterocycles. The Balaban J connectivity index is 1.18. The molecule has 300 valence electrons. The van der Waals surface area contributed by atoms with Gasteiger partial charge in [-0.2, -0.15) is 0 Å². The number of anilines is 3. The lowest BCUT2D eigenvalue weighted by Crippen LogP contribution is -2.57. The van der Waals surface area contributed by atoms with E-state index < -0.39 is 0 Å². The lowest BCUT2D eigenvalue weighted by molar-refractivity contribution is 0.360. The molecule has 0 bridgehead atoms. The van der Waals surface area contributed by atoms with Gasteiger partial charge in [-0.15, -0.1) is 0 Å². The van der Waals surface area contributed by atoms with E-state index in [0.29, 0.717) is 23.0 Å². The molecule has 0 N–H and O–H groups in total. The first-order valence-electron chi connectivity index (χ1n) is 22.0. The second-order valence-electron chi connectivity index (χ2n) is 19.2. The first-order chi connectivity index (χ1) is 30.6. The van der Waals surface area contributed by atoms with Crippen molar-refractivity contribution < 1.29 is 13.9 Å². The van der Waals surface area contributed by atoms with Crippen molar-refractivity contribution in [1.82, 2.24) is 4.48 Å². The lowest BCUT2D eigenvalue weighted by atomic mass is 9.44. The van der Waals surface area contributed by atoms with E-state index in [4.69, 9.17) is 13.9 Å². The van der Waals surface area contributed by atoms with E-state index in [0.717, 1.165) is 55.6 Å². The van der Waals surface area contributed by atoms with Crippen LogP contribution < -0.4 is 25.3 Å². The molecule has 4 aliphatic rings. The van der Waals surface area contributed by atoms with Crippen LogP contribution in [0.25, 0.3) is 66.2 Å². The summed E-state index contributed by atoms with van der Waals surface area (Å²) in [5.41, 5.74) is 19.5. The summed E-state index contributed by atoms with van der Waals surface area (Å²) in [4.78, 5) is 2.49. The van der Waals surface area contributed by atoms with E-state index in [1.165, 1.54) is 55.4 Å². The van der Waals surface area contributed by atoms with Gasteiger partial charge in [0.25, 0.3) is 0 Å². The maximum absolute atomic E-state index is 7.19. The van der Waals surface area contributed by atoms with Gasteiger partial charge in [-0.25, -0.2) is 0 Å². The number of hydrogen-bond donors (Lipinski definition) is 0. The fraction of sp³-hybridized carbons (Fsp3) is 0.123. The Hall–Kier alpha value is -7.44. The molecule has 0 spiro atoms. The highest BCUT2D eigenvalue weighted by molar-refractivity contribution is 6.90. The normalized spacial score (nSPS) is 14.7.